The number of oxime groups is 1. The first kappa shape index (κ1) is 45.1. The van der Waals surface area contributed by atoms with E-state index in [9.17, 15) is 20.1 Å². The minimum atomic E-state index is -1.47. The lowest BCUT2D eigenvalue weighted by Gasteiger charge is -2.59. The number of aliphatic hydroxyl groups excluding tert-OH is 3. The standard InChI is InChI=1S/C47H59ClN2O10/c1-3-26-58-47-43(50(22-28-56-29-25-53)46(54)57-27-21-48)32-41(49-55-2)39-30-35(13-7-9-23-51)38(14-8-10-24-52)44(45(39)47)40-31-37(19-20-42(40)60-47)59-36-17-15-34(16-18-36)33-11-5-4-6-12-33/h3-6,11-12,15-20,30-31,35,38,43-45,51-53H,1,7-10,13-14,21-29,32H2,2H3/t35-,38+,43-,44+,45+,47+/m0/s1. The molecule has 3 aromatic carbocycles. The Morgan fingerprint density at radius 2 is 1.67 bits per heavy atom. The van der Waals surface area contributed by atoms with Gasteiger partial charge in [-0.15, -0.1) is 18.2 Å². The number of benzene rings is 3. The monoisotopic (exact) mass is 846 g/mol. The normalized spacial score (nSPS) is 23.4. The van der Waals surface area contributed by atoms with Crippen molar-refractivity contribution in [2.24, 2.45) is 22.9 Å². The molecule has 6 atom stereocenters. The Balaban J connectivity index is 1.51. The minimum absolute atomic E-state index is 0.0122. The number of ether oxygens (including phenoxy) is 5. The van der Waals surface area contributed by atoms with Gasteiger partial charge in [-0.05, 0) is 84.6 Å². The number of hydrogen-bond donors (Lipinski definition) is 3. The summed E-state index contributed by atoms with van der Waals surface area (Å²) in [6.45, 7) is 4.39. The van der Waals surface area contributed by atoms with Crippen LogP contribution in [-0.2, 0) is 19.0 Å². The lowest BCUT2D eigenvalue weighted by atomic mass is 9.55. The van der Waals surface area contributed by atoms with Crippen molar-refractivity contribution in [1.29, 1.82) is 0 Å². The second-order valence-electron chi connectivity index (χ2n) is 15.3. The molecule has 324 valence electrons. The van der Waals surface area contributed by atoms with Gasteiger partial charge in [-0.1, -0.05) is 72.6 Å². The second-order valence-corrected chi connectivity index (χ2v) is 15.7. The molecule has 0 spiro atoms. The highest BCUT2D eigenvalue weighted by Crippen LogP contribution is 2.62. The van der Waals surface area contributed by atoms with E-state index < -0.39 is 23.8 Å². The molecule has 2 aliphatic carbocycles. The van der Waals surface area contributed by atoms with Gasteiger partial charge >= 0.3 is 6.09 Å². The minimum Gasteiger partial charge on any atom is -0.459 e. The lowest BCUT2D eigenvalue weighted by molar-refractivity contribution is -0.256. The quantitative estimate of drug-likeness (QED) is 0.0370. The van der Waals surface area contributed by atoms with Gasteiger partial charge in [-0.3, -0.25) is 4.90 Å². The van der Waals surface area contributed by atoms with Gasteiger partial charge in [0.25, 0.3) is 0 Å². The van der Waals surface area contributed by atoms with Crippen LogP contribution in [0.5, 0.6) is 17.2 Å². The van der Waals surface area contributed by atoms with Gasteiger partial charge in [0.2, 0.25) is 5.79 Å². The van der Waals surface area contributed by atoms with Crippen LogP contribution in [0.4, 0.5) is 4.79 Å². The number of nitrogens with zero attached hydrogens (tertiary/aromatic N) is 2. The van der Waals surface area contributed by atoms with E-state index in [-0.39, 0.29) is 82.8 Å². The van der Waals surface area contributed by atoms with Gasteiger partial charge in [0.15, 0.2) is 0 Å². The van der Waals surface area contributed by atoms with Crippen LogP contribution >= 0.6 is 11.6 Å². The predicted octanol–water partition coefficient (Wildman–Crippen LogP) is 8.10. The van der Waals surface area contributed by atoms with Crippen LogP contribution in [0.1, 0.15) is 56.4 Å². The topological polar surface area (TPSA) is 149 Å². The summed E-state index contributed by atoms with van der Waals surface area (Å²) in [5, 5.41) is 33.8. The van der Waals surface area contributed by atoms with E-state index in [1.807, 2.05) is 54.6 Å². The summed E-state index contributed by atoms with van der Waals surface area (Å²) in [4.78, 5) is 21.2. The summed E-state index contributed by atoms with van der Waals surface area (Å²) in [6.07, 6.45) is 8.05. The average molecular weight is 847 g/mol. The molecule has 0 bridgehead atoms. The van der Waals surface area contributed by atoms with Crippen molar-refractivity contribution in [3.8, 4) is 28.4 Å². The van der Waals surface area contributed by atoms with Crippen LogP contribution < -0.4 is 9.47 Å². The predicted molar refractivity (Wildman–Crippen MR) is 231 cm³/mol. The van der Waals surface area contributed by atoms with E-state index in [1.54, 1.807) is 11.0 Å². The first-order valence-electron chi connectivity index (χ1n) is 21.1. The number of hydrogen-bond acceptors (Lipinski definition) is 11. The zero-order chi connectivity index (χ0) is 42.3. The molecule has 3 aliphatic rings. The summed E-state index contributed by atoms with van der Waals surface area (Å²) in [5.41, 5.74) is 4.69. The van der Waals surface area contributed by atoms with E-state index >= 15 is 0 Å². The Kier molecular flexibility index (Phi) is 16.9. The van der Waals surface area contributed by atoms with Crippen LogP contribution in [0, 0.1) is 17.8 Å². The number of rotatable bonds is 23. The lowest BCUT2D eigenvalue weighted by Crippen LogP contribution is -2.70. The van der Waals surface area contributed by atoms with E-state index in [0.717, 1.165) is 47.9 Å². The molecule has 3 N–H and O–H groups in total. The number of amides is 1. The summed E-state index contributed by atoms with van der Waals surface area (Å²) in [5.74, 6) is -0.0926. The Morgan fingerprint density at radius 1 is 0.933 bits per heavy atom. The molecule has 1 aliphatic heterocycles. The van der Waals surface area contributed by atoms with Gasteiger partial charge in [-0.2, -0.15) is 0 Å². The maximum absolute atomic E-state index is 14.1. The molecule has 3 aromatic rings. The smallest absolute Gasteiger partial charge is 0.410 e. The maximum Gasteiger partial charge on any atom is 0.410 e. The van der Waals surface area contributed by atoms with Gasteiger partial charge in [0.1, 0.15) is 37.0 Å². The van der Waals surface area contributed by atoms with Crippen molar-refractivity contribution in [3.05, 3.63) is 103 Å². The number of alkyl halides is 1. The van der Waals surface area contributed by atoms with Crippen LogP contribution in [0.25, 0.3) is 11.1 Å². The van der Waals surface area contributed by atoms with E-state index in [2.05, 4.69) is 36.0 Å². The van der Waals surface area contributed by atoms with Crippen molar-refractivity contribution in [1.82, 2.24) is 4.90 Å². The van der Waals surface area contributed by atoms with Crippen molar-refractivity contribution >= 4 is 23.4 Å². The average Bonchev–Trinajstić information content (AvgIpc) is 3.27. The fraction of sp³-hybridized carbons (Fsp3) is 0.489. The van der Waals surface area contributed by atoms with Gasteiger partial charge < -0.3 is 43.8 Å². The number of carbonyl (C=O) groups is 1. The number of allylic oxidation sites excluding steroid dienone is 1. The molecule has 0 unspecified atom stereocenters. The number of unbranched alkanes of at least 4 members (excludes halogenated alkanes) is 2. The number of aliphatic hydroxyl groups is 3. The molecule has 0 radical (unpaired) electrons. The van der Waals surface area contributed by atoms with Crippen molar-refractivity contribution < 1.29 is 48.6 Å². The van der Waals surface area contributed by atoms with Crippen LogP contribution in [0.3, 0.4) is 0 Å². The highest BCUT2D eigenvalue weighted by atomic mass is 35.5. The summed E-state index contributed by atoms with van der Waals surface area (Å²) < 4.78 is 32.2. The zero-order valence-electron chi connectivity index (χ0n) is 34.5. The van der Waals surface area contributed by atoms with Crippen molar-refractivity contribution in [2.75, 3.05) is 65.8 Å². The Labute approximate surface area is 358 Å². The molecule has 0 saturated heterocycles. The SMILES string of the molecule is C=CCO[C@@]12Oc3ccc(Oc4ccc(-c5ccccc5)cc4)cc3[C@H]3[C@H](CCCCO)[C@@H](CCCCO)C=C(C(=NOC)C[C@@H]1N(CCOCCO)C(=O)OCCCl)[C@H]32. The molecule has 60 heavy (non-hydrogen) atoms. The van der Waals surface area contributed by atoms with Gasteiger partial charge in [0, 0.05) is 37.7 Å². The Hall–Kier alpha value is -4.43. The maximum atomic E-state index is 14.1. The third kappa shape index (κ3) is 10.4. The van der Waals surface area contributed by atoms with Gasteiger partial charge in [0.05, 0.1) is 43.9 Å². The first-order chi connectivity index (χ1) is 29.4. The van der Waals surface area contributed by atoms with Crippen molar-refractivity contribution in [3.63, 3.8) is 0 Å². The van der Waals surface area contributed by atoms with E-state index in [0.29, 0.717) is 35.8 Å². The van der Waals surface area contributed by atoms with Crippen LogP contribution in [-0.4, -0.2) is 110 Å². The number of halogens is 1. The molecule has 13 heteroatoms. The van der Waals surface area contributed by atoms with Crippen molar-refractivity contribution in [2.45, 2.75) is 62.7 Å². The summed E-state index contributed by atoms with van der Waals surface area (Å²) >= 11 is 6.01. The largest absolute Gasteiger partial charge is 0.459 e. The summed E-state index contributed by atoms with van der Waals surface area (Å²) in [6, 6.07) is 23.2. The molecule has 1 heterocycles. The molecular weight excluding hydrogens is 788 g/mol. The van der Waals surface area contributed by atoms with Gasteiger partial charge in [-0.25, -0.2) is 4.79 Å². The third-order valence-electron chi connectivity index (χ3n) is 11.7. The summed E-state index contributed by atoms with van der Waals surface area (Å²) in [7, 11) is 1.51. The first-order valence-corrected chi connectivity index (χ1v) is 21.6. The highest BCUT2D eigenvalue weighted by Gasteiger charge is 2.65. The molecule has 1 fully saturated rings. The number of fused-ring (bicyclic) bond motifs is 2. The fourth-order valence-electron chi connectivity index (χ4n) is 9.22. The number of carbonyl (C=O) groups excluding carboxylic acids is 1. The molecule has 0 aromatic heterocycles. The van der Waals surface area contributed by atoms with E-state index in [4.69, 9.17) is 40.1 Å². The molecule has 12 nitrogen and oxygen atoms in total. The zero-order valence-corrected chi connectivity index (χ0v) is 35.2. The Morgan fingerprint density at radius 3 is 2.37 bits per heavy atom. The molecule has 6 rings (SSSR count). The molecule has 1 saturated carbocycles. The molecular formula is C47H59ClN2O10. The Bertz CT molecular complexity index is 1890. The van der Waals surface area contributed by atoms with E-state index in [1.165, 1.54) is 7.11 Å². The highest BCUT2D eigenvalue weighted by molar-refractivity contribution is 6.18. The van der Waals surface area contributed by atoms with Crippen LogP contribution in [0.2, 0.25) is 0 Å². The second kappa shape index (κ2) is 22.4. The third-order valence-corrected chi connectivity index (χ3v) is 11.8. The van der Waals surface area contributed by atoms with Crippen LogP contribution in [0.15, 0.2) is 102 Å². The fourth-order valence-corrected chi connectivity index (χ4v) is 9.29. The molecule has 1 amide bonds.